The summed E-state index contributed by atoms with van der Waals surface area (Å²) < 4.78 is 10.1. The average Bonchev–Trinajstić information content (AvgIpc) is 2.86. The Hall–Kier alpha value is -2.24. The zero-order valence-electron chi connectivity index (χ0n) is 13.7. The molecule has 6 heteroatoms. The van der Waals surface area contributed by atoms with Crippen molar-refractivity contribution in [2.45, 2.75) is 39.5 Å². The van der Waals surface area contributed by atoms with Crippen LogP contribution >= 0.6 is 0 Å². The van der Waals surface area contributed by atoms with Gasteiger partial charge in [-0.15, -0.1) is 0 Å². The van der Waals surface area contributed by atoms with Gasteiger partial charge in [-0.05, 0) is 44.0 Å². The van der Waals surface area contributed by atoms with Crippen LogP contribution in [0.3, 0.4) is 0 Å². The summed E-state index contributed by atoms with van der Waals surface area (Å²) in [5.41, 5.74) is 2.30. The molecule has 0 aliphatic carbocycles. The van der Waals surface area contributed by atoms with E-state index in [4.69, 9.17) is 9.47 Å². The predicted octanol–water partition coefficient (Wildman–Crippen LogP) is 3.14. The number of carbonyl (C=O) groups is 2. The third kappa shape index (κ3) is 3.50. The molecule has 0 bridgehead atoms. The van der Waals surface area contributed by atoms with Crippen LogP contribution in [0.4, 0.5) is 15.3 Å². The second kappa shape index (κ2) is 5.87. The fourth-order valence-corrected chi connectivity index (χ4v) is 2.29. The van der Waals surface area contributed by atoms with Crippen molar-refractivity contribution < 1.29 is 19.1 Å². The van der Waals surface area contributed by atoms with Crippen molar-refractivity contribution in [1.29, 1.82) is 0 Å². The minimum Gasteiger partial charge on any atom is -0.452 e. The van der Waals surface area contributed by atoms with Crippen LogP contribution in [0.25, 0.3) is 0 Å². The Kier molecular flexibility index (Phi) is 4.30. The molecule has 6 nitrogen and oxygen atoms in total. The van der Waals surface area contributed by atoms with E-state index in [-0.39, 0.29) is 6.09 Å². The van der Waals surface area contributed by atoms with Gasteiger partial charge in [-0.2, -0.15) is 0 Å². The fraction of sp³-hybridized carbons (Fsp3) is 0.500. The van der Waals surface area contributed by atoms with E-state index in [0.29, 0.717) is 13.1 Å². The summed E-state index contributed by atoms with van der Waals surface area (Å²) in [6, 6.07) is 5.67. The molecule has 2 rings (SSSR count). The van der Waals surface area contributed by atoms with Gasteiger partial charge in [0, 0.05) is 25.8 Å². The molecule has 0 N–H and O–H groups in total. The van der Waals surface area contributed by atoms with Crippen LogP contribution in [0.5, 0.6) is 0 Å². The summed E-state index contributed by atoms with van der Waals surface area (Å²) in [6.45, 7) is 6.53. The first kappa shape index (κ1) is 16.1. The molecule has 1 aromatic rings. The lowest BCUT2D eigenvalue weighted by Crippen LogP contribution is -2.33. The Balaban J connectivity index is 2.12. The van der Waals surface area contributed by atoms with Gasteiger partial charge in [-0.1, -0.05) is 6.07 Å². The molecular formula is C16H22N2O4. The molecule has 0 spiro atoms. The van der Waals surface area contributed by atoms with E-state index < -0.39 is 11.7 Å². The number of benzene rings is 1. The maximum atomic E-state index is 12.1. The minimum atomic E-state index is -0.512. The van der Waals surface area contributed by atoms with Crippen molar-refractivity contribution in [3.05, 3.63) is 29.3 Å². The van der Waals surface area contributed by atoms with Gasteiger partial charge in [0.1, 0.15) is 5.60 Å². The van der Waals surface area contributed by atoms with Crippen LogP contribution in [-0.2, 0) is 22.6 Å². The second-order valence-corrected chi connectivity index (χ2v) is 6.32. The van der Waals surface area contributed by atoms with Gasteiger partial charge in [0.25, 0.3) is 0 Å². The molecule has 0 fully saturated rings. The summed E-state index contributed by atoms with van der Waals surface area (Å²) >= 11 is 0. The van der Waals surface area contributed by atoms with E-state index in [2.05, 4.69) is 0 Å². The summed E-state index contributed by atoms with van der Waals surface area (Å²) in [4.78, 5) is 26.8. The number of hydrogen-bond donors (Lipinski definition) is 0. The van der Waals surface area contributed by atoms with Crippen molar-refractivity contribution in [2.75, 3.05) is 19.1 Å². The third-order valence-electron chi connectivity index (χ3n) is 3.40. The van der Waals surface area contributed by atoms with Gasteiger partial charge in [0.2, 0.25) is 0 Å². The zero-order chi connectivity index (χ0) is 16.5. The highest BCUT2D eigenvalue weighted by molar-refractivity contribution is 5.87. The normalized spacial score (nSPS) is 13.6. The molecule has 0 unspecified atom stereocenters. The van der Waals surface area contributed by atoms with Crippen LogP contribution in [0.15, 0.2) is 18.2 Å². The molecule has 0 saturated heterocycles. The molecule has 1 heterocycles. The first-order chi connectivity index (χ1) is 10.2. The first-order valence-corrected chi connectivity index (χ1v) is 7.12. The zero-order valence-corrected chi connectivity index (χ0v) is 13.7. The molecule has 120 valence electrons. The highest BCUT2D eigenvalue weighted by atomic mass is 16.6. The predicted molar refractivity (Wildman–Crippen MR) is 82.7 cm³/mol. The first-order valence-electron chi connectivity index (χ1n) is 7.12. The van der Waals surface area contributed by atoms with Gasteiger partial charge < -0.3 is 9.47 Å². The summed E-state index contributed by atoms with van der Waals surface area (Å²) in [7, 11) is 2.99. The molecule has 2 amide bonds. The van der Waals surface area contributed by atoms with Crippen molar-refractivity contribution in [3.63, 3.8) is 0 Å². The van der Waals surface area contributed by atoms with Gasteiger partial charge in [-0.25, -0.2) is 9.59 Å². The maximum absolute atomic E-state index is 12.1. The Bertz CT molecular complexity index is 592. The molecule has 1 aromatic carbocycles. The standard InChI is InChI=1S/C16H22N2O4/c1-16(2,3)22-15(20)18-9-11-6-7-13(8-12(11)10-18)17(4)14(19)21-5/h6-8H,9-10H2,1-5H3. The average molecular weight is 306 g/mol. The van der Waals surface area contributed by atoms with Crippen molar-refractivity contribution >= 4 is 17.9 Å². The third-order valence-corrected chi connectivity index (χ3v) is 3.40. The molecule has 1 aliphatic heterocycles. The van der Waals surface area contributed by atoms with Gasteiger partial charge in [0.15, 0.2) is 0 Å². The number of methoxy groups -OCH3 is 1. The van der Waals surface area contributed by atoms with Crippen LogP contribution in [0, 0.1) is 0 Å². The summed E-state index contributed by atoms with van der Waals surface area (Å²) in [5, 5.41) is 0. The second-order valence-electron chi connectivity index (χ2n) is 6.32. The number of amides is 2. The topological polar surface area (TPSA) is 59.1 Å². The Morgan fingerprint density at radius 3 is 2.41 bits per heavy atom. The lowest BCUT2D eigenvalue weighted by atomic mass is 10.1. The number of ether oxygens (including phenoxy) is 2. The lowest BCUT2D eigenvalue weighted by Gasteiger charge is -2.24. The summed E-state index contributed by atoms with van der Waals surface area (Å²) in [6.07, 6.45) is -0.756. The maximum Gasteiger partial charge on any atom is 0.413 e. The smallest absolute Gasteiger partial charge is 0.413 e. The van der Waals surface area contributed by atoms with Crippen LogP contribution < -0.4 is 4.90 Å². The highest BCUT2D eigenvalue weighted by Crippen LogP contribution is 2.28. The van der Waals surface area contributed by atoms with Gasteiger partial charge in [0.05, 0.1) is 7.11 Å². The van der Waals surface area contributed by atoms with E-state index >= 15 is 0 Å². The monoisotopic (exact) mass is 306 g/mol. The molecule has 1 aliphatic rings. The van der Waals surface area contributed by atoms with Crippen molar-refractivity contribution in [2.24, 2.45) is 0 Å². The van der Waals surface area contributed by atoms with Crippen LogP contribution in [0.1, 0.15) is 31.9 Å². The molecule has 0 atom stereocenters. The minimum absolute atomic E-state index is 0.327. The number of anilines is 1. The Morgan fingerprint density at radius 2 is 1.82 bits per heavy atom. The van der Waals surface area contributed by atoms with Crippen LogP contribution in [0.2, 0.25) is 0 Å². The molecule has 0 radical (unpaired) electrons. The van der Waals surface area contributed by atoms with E-state index in [1.165, 1.54) is 12.0 Å². The fourth-order valence-electron chi connectivity index (χ4n) is 2.29. The lowest BCUT2D eigenvalue weighted by molar-refractivity contribution is 0.0242. The molecule has 0 saturated carbocycles. The Labute approximate surface area is 130 Å². The van der Waals surface area contributed by atoms with E-state index in [1.54, 1.807) is 11.9 Å². The van der Waals surface area contributed by atoms with Crippen molar-refractivity contribution in [1.82, 2.24) is 4.90 Å². The van der Waals surface area contributed by atoms with Gasteiger partial charge in [-0.3, -0.25) is 9.80 Å². The van der Waals surface area contributed by atoms with Gasteiger partial charge >= 0.3 is 12.2 Å². The SMILES string of the molecule is COC(=O)N(C)c1ccc2c(c1)CN(C(=O)OC(C)(C)C)C2. The number of nitrogens with zero attached hydrogens (tertiary/aromatic N) is 2. The van der Waals surface area contributed by atoms with Crippen molar-refractivity contribution in [3.8, 4) is 0 Å². The highest BCUT2D eigenvalue weighted by Gasteiger charge is 2.28. The Morgan fingerprint density at radius 1 is 1.18 bits per heavy atom. The van der Waals surface area contributed by atoms with E-state index in [1.807, 2.05) is 39.0 Å². The number of fused-ring (bicyclic) bond motifs is 1. The number of hydrogen-bond acceptors (Lipinski definition) is 4. The number of rotatable bonds is 1. The quantitative estimate of drug-likeness (QED) is 0.800. The van der Waals surface area contributed by atoms with Crippen LogP contribution in [-0.4, -0.2) is 36.8 Å². The molecular weight excluding hydrogens is 284 g/mol. The van der Waals surface area contributed by atoms with E-state index in [0.717, 1.165) is 16.8 Å². The number of carbonyl (C=O) groups excluding carboxylic acids is 2. The van der Waals surface area contributed by atoms with E-state index in [9.17, 15) is 9.59 Å². The molecule has 0 aromatic heterocycles. The summed E-state index contributed by atoms with van der Waals surface area (Å²) in [5.74, 6) is 0. The molecule has 22 heavy (non-hydrogen) atoms. The largest absolute Gasteiger partial charge is 0.452 e.